The largest absolute Gasteiger partial charge is 0.391 e. The molecular weight excluding hydrogens is 386 g/mol. The number of thioether (sulfide) groups is 1. The van der Waals surface area contributed by atoms with Crippen molar-refractivity contribution in [3.8, 4) is 0 Å². The van der Waals surface area contributed by atoms with Crippen molar-refractivity contribution in [1.82, 2.24) is 14.5 Å². The number of hydrogen-bond acceptors (Lipinski definition) is 6. The highest BCUT2D eigenvalue weighted by Crippen LogP contribution is 2.20. The van der Waals surface area contributed by atoms with Gasteiger partial charge in [-0.1, -0.05) is 54.2 Å². The molecule has 1 atom stereocenters. The monoisotopic (exact) mass is 411 g/mol. The summed E-state index contributed by atoms with van der Waals surface area (Å²) in [4.78, 5) is 20.1. The van der Waals surface area contributed by atoms with Crippen LogP contribution in [0.1, 0.15) is 5.56 Å². The zero-order valence-electron chi connectivity index (χ0n) is 16.2. The fraction of sp³-hybridized carbons (Fsp3) is 0.364. The van der Waals surface area contributed by atoms with Crippen molar-refractivity contribution in [3.05, 3.63) is 70.5 Å². The molecule has 0 saturated carbocycles. The summed E-state index contributed by atoms with van der Waals surface area (Å²) in [6, 6.07) is 17.3. The Morgan fingerprint density at radius 3 is 2.59 bits per heavy atom. The van der Waals surface area contributed by atoms with Gasteiger partial charge in [-0.3, -0.25) is 14.3 Å². The van der Waals surface area contributed by atoms with Gasteiger partial charge < -0.3 is 9.84 Å². The van der Waals surface area contributed by atoms with E-state index >= 15 is 0 Å². The number of β-amino-alcohol motifs (C(OH)–C–C–N with tert-alkyl or cyclic N) is 1. The molecular formula is C22H25N3O3S. The summed E-state index contributed by atoms with van der Waals surface area (Å²) in [5.41, 5.74) is 1.68. The third-order valence-corrected chi connectivity index (χ3v) is 6.11. The van der Waals surface area contributed by atoms with Gasteiger partial charge in [0.25, 0.3) is 5.56 Å². The molecule has 1 fully saturated rings. The van der Waals surface area contributed by atoms with Crippen molar-refractivity contribution in [3.63, 3.8) is 0 Å². The van der Waals surface area contributed by atoms with E-state index in [0.29, 0.717) is 48.1 Å². The molecule has 1 N–H and O–H groups in total. The highest BCUT2D eigenvalue weighted by Gasteiger charge is 2.17. The van der Waals surface area contributed by atoms with Gasteiger partial charge in [0.05, 0.1) is 36.8 Å². The number of fused-ring (bicyclic) bond motifs is 1. The number of benzene rings is 2. The molecule has 29 heavy (non-hydrogen) atoms. The second-order valence-electron chi connectivity index (χ2n) is 7.17. The van der Waals surface area contributed by atoms with Crippen molar-refractivity contribution in [2.75, 3.05) is 38.6 Å². The lowest BCUT2D eigenvalue weighted by molar-refractivity contribution is 0.0188. The highest BCUT2D eigenvalue weighted by molar-refractivity contribution is 7.99. The van der Waals surface area contributed by atoms with Gasteiger partial charge in [0.15, 0.2) is 5.16 Å². The van der Waals surface area contributed by atoms with E-state index in [1.54, 1.807) is 4.57 Å². The van der Waals surface area contributed by atoms with Gasteiger partial charge in [0.1, 0.15) is 0 Å². The van der Waals surface area contributed by atoms with Gasteiger partial charge in [-0.05, 0) is 17.7 Å². The minimum atomic E-state index is -0.494. The Morgan fingerprint density at radius 2 is 1.79 bits per heavy atom. The van der Waals surface area contributed by atoms with Crippen LogP contribution in [0.4, 0.5) is 0 Å². The molecule has 0 bridgehead atoms. The lowest BCUT2D eigenvalue weighted by atomic mass is 10.2. The van der Waals surface area contributed by atoms with Gasteiger partial charge in [0.2, 0.25) is 0 Å². The molecule has 1 aromatic heterocycles. The maximum Gasteiger partial charge on any atom is 0.262 e. The number of hydrogen-bond donors (Lipinski definition) is 1. The van der Waals surface area contributed by atoms with E-state index in [1.807, 2.05) is 54.6 Å². The first-order valence-corrected chi connectivity index (χ1v) is 10.8. The van der Waals surface area contributed by atoms with Crippen molar-refractivity contribution in [2.45, 2.75) is 17.8 Å². The van der Waals surface area contributed by atoms with Crippen LogP contribution < -0.4 is 5.56 Å². The standard InChI is InChI=1S/C22H25N3O3S/c26-18(15-24-10-12-28-13-11-24)16-29-22-23-20-9-5-4-8-19(20)21(27)25(22)14-17-6-2-1-3-7-17/h1-9,18,26H,10-16H2. The number of aromatic nitrogens is 2. The molecule has 0 spiro atoms. The van der Waals surface area contributed by atoms with Gasteiger partial charge >= 0.3 is 0 Å². The van der Waals surface area contributed by atoms with Crippen LogP contribution in [0, 0.1) is 0 Å². The number of aliphatic hydroxyl groups is 1. The van der Waals surface area contributed by atoms with E-state index in [1.165, 1.54) is 11.8 Å². The van der Waals surface area contributed by atoms with Crippen molar-refractivity contribution in [2.24, 2.45) is 0 Å². The zero-order valence-corrected chi connectivity index (χ0v) is 17.1. The highest BCUT2D eigenvalue weighted by atomic mass is 32.2. The molecule has 0 amide bonds. The van der Waals surface area contributed by atoms with E-state index < -0.39 is 6.10 Å². The normalized spacial score (nSPS) is 16.2. The van der Waals surface area contributed by atoms with Crippen LogP contribution in [0.2, 0.25) is 0 Å². The predicted molar refractivity (Wildman–Crippen MR) is 116 cm³/mol. The maximum atomic E-state index is 13.1. The van der Waals surface area contributed by atoms with Crippen LogP contribution in [-0.4, -0.2) is 64.3 Å². The molecule has 1 aliphatic rings. The molecule has 2 heterocycles. The molecule has 152 valence electrons. The maximum absolute atomic E-state index is 13.1. The van der Waals surface area contributed by atoms with E-state index in [9.17, 15) is 9.90 Å². The summed E-state index contributed by atoms with van der Waals surface area (Å²) < 4.78 is 7.07. The molecule has 3 aromatic rings. The molecule has 0 radical (unpaired) electrons. The quantitative estimate of drug-likeness (QED) is 0.475. The van der Waals surface area contributed by atoms with Crippen LogP contribution >= 0.6 is 11.8 Å². The molecule has 7 heteroatoms. The fourth-order valence-corrected chi connectivity index (χ4v) is 4.38. The first kappa shape index (κ1) is 20.1. The van der Waals surface area contributed by atoms with Gasteiger partial charge in [-0.25, -0.2) is 4.98 Å². The summed E-state index contributed by atoms with van der Waals surface area (Å²) in [5.74, 6) is 0.483. The summed E-state index contributed by atoms with van der Waals surface area (Å²) >= 11 is 1.44. The number of rotatable bonds is 7. The minimum Gasteiger partial charge on any atom is -0.391 e. The average Bonchev–Trinajstić information content (AvgIpc) is 2.76. The van der Waals surface area contributed by atoms with Crippen LogP contribution in [-0.2, 0) is 11.3 Å². The van der Waals surface area contributed by atoms with E-state index in [0.717, 1.165) is 18.7 Å². The van der Waals surface area contributed by atoms with Crippen LogP contribution in [0.15, 0.2) is 64.5 Å². The van der Waals surface area contributed by atoms with Crippen molar-refractivity contribution >= 4 is 22.7 Å². The molecule has 2 aromatic carbocycles. The van der Waals surface area contributed by atoms with Crippen LogP contribution in [0.25, 0.3) is 10.9 Å². The SMILES string of the molecule is O=c1c2ccccc2nc(SCC(O)CN2CCOCC2)n1Cc1ccccc1. The lowest BCUT2D eigenvalue weighted by Gasteiger charge is -2.28. The zero-order chi connectivity index (χ0) is 20.1. The fourth-order valence-electron chi connectivity index (χ4n) is 3.47. The molecule has 1 unspecified atom stereocenters. The van der Waals surface area contributed by atoms with E-state index in [4.69, 9.17) is 9.72 Å². The molecule has 6 nitrogen and oxygen atoms in total. The molecule has 1 aliphatic heterocycles. The minimum absolute atomic E-state index is 0.0513. The van der Waals surface area contributed by atoms with Crippen molar-refractivity contribution < 1.29 is 9.84 Å². The van der Waals surface area contributed by atoms with Gasteiger partial charge in [-0.15, -0.1) is 0 Å². The third kappa shape index (κ3) is 5.05. The Hall–Kier alpha value is -2.19. The summed E-state index contributed by atoms with van der Waals surface area (Å²) in [7, 11) is 0. The van der Waals surface area contributed by atoms with Crippen LogP contribution in [0.5, 0.6) is 0 Å². The van der Waals surface area contributed by atoms with E-state index in [-0.39, 0.29) is 5.56 Å². The molecule has 1 saturated heterocycles. The number of para-hydroxylation sites is 1. The topological polar surface area (TPSA) is 67.6 Å². The van der Waals surface area contributed by atoms with Gasteiger partial charge in [0, 0.05) is 25.4 Å². The third-order valence-electron chi connectivity index (χ3n) is 4.99. The average molecular weight is 412 g/mol. The Bertz CT molecular complexity index is 1000. The Kier molecular flexibility index (Phi) is 6.61. The smallest absolute Gasteiger partial charge is 0.262 e. The second-order valence-corrected chi connectivity index (χ2v) is 8.15. The van der Waals surface area contributed by atoms with Crippen LogP contribution in [0.3, 0.4) is 0 Å². The first-order valence-electron chi connectivity index (χ1n) is 9.85. The summed E-state index contributed by atoms with van der Waals surface area (Å²) in [6.07, 6.45) is -0.494. The summed E-state index contributed by atoms with van der Waals surface area (Å²) in [6.45, 7) is 4.17. The Morgan fingerprint density at radius 1 is 1.07 bits per heavy atom. The second kappa shape index (κ2) is 9.54. The van der Waals surface area contributed by atoms with E-state index in [2.05, 4.69) is 4.90 Å². The first-order chi connectivity index (χ1) is 14.2. The van der Waals surface area contributed by atoms with Gasteiger partial charge in [-0.2, -0.15) is 0 Å². The number of nitrogens with zero attached hydrogens (tertiary/aromatic N) is 3. The predicted octanol–water partition coefficient (Wildman–Crippen LogP) is 2.23. The molecule has 4 rings (SSSR count). The number of aliphatic hydroxyl groups excluding tert-OH is 1. The Labute approximate surface area is 174 Å². The van der Waals surface area contributed by atoms with Crippen molar-refractivity contribution in [1.29, 1.82) is 0 Å². The Balaban J connectivity index is 1.56. The summed E-state index contributed by atoms with van der Waals surface area (Å²) in [5, 5.41) is 11.8. The number of morpholine rings is 1. The lowest BCUT2D eigenvalue weighted by Crippen LogP contribution is -2.41. The molecule has 0 aliphatic carbocycles. The number of ether oxygens (including phenoxy) is 1.